The van der Waals surface area contributed by atoms with Crippen LogP contribution in [-0.4, -0.2) is 24.3 Å². The Hall–Kier alpha value is -1.94. The molecule has 1 unspecified atom stereocenters. The Morgan fingerprint density at radius 1 is 1.27 bits per heavy atom. The van der Waals surface area contributed by atoms with Crippen molar-refractivity contribution in [3.63, 3.8) is 0 Å². The Labute approximate surface area is 129 Å². The van der Waals surface area contributed by atoms with E-state index in [-0.39, 0.29) is 11.9 Å². The molecule has 4 heteroatoms. The minimum absolute atomic E-state index is 0.121. The average Bonchev–Trinajstić information content (AvgIpc) is 3.30. The summed E-state index contributed by atoms with van der Waals surface area (Å²) < 4.78 is 26.0. The van der Waals surface area contributed by atoms with Crippen LogP contribution in [0.4, 0.5) is 4.39 Å². The fraction of sp³-hybridized carbons (Fsp3) is 0.389. The SMILES string of the molecule is Fc1c(-c2cccnc2)ccc(C2CCC2)c1OCC1CO1. The molecule has 4 rings (SSSR count). The van der Waals surface area contributed by atoms with Gasteiger partial charge in [0.15, 0.2) is 11.6 Å². The van der Waals surface area contributed by atoms with Crippen LogP contribution in [0.1, 0.15) is 30.7 Å². The highest BCUT2D eigenvalue weighted by atomic mass is 19.1. The van der Waals surface area contributed by atoms with Gasteiger partial charge in [-0.25, -0.2) is 4.39 Å². The van der Waals surface area contributed by atoms with Gasteiger partial charge in [0.2, 0.25) is 0 Å². The summed E-state index contributed by atoms with van der Waals surface area (Å²) in [6.45, 7) is 1.13. The highest BCUT2D eigenvalue weighted by molar-refractivity contribution is 5.66. The highest BCUT2D eigenvalue weighted by Gasteiger charge is 2.29. The molecule has 22 heavy (non-hydrogen) atoms. The largest absolute Gasteiger partial charge is 0.487 e. The number of epoxide rings is 1. The lowest BCUT2D eigenvalue weighted by Gasteiger charge is -2.28. The first kappa shape index (κ1) is 13.7. The minimum atomic E-state index is -0.280. The topological polar surface area (TPSA) is 34.6 Å². The summed E-state index contributed by atoms with van der Waals surface area (Å²) in [5.74, 6) is 0.548. The number of pyridine rings is 1. The molecule has 2 aliphatic rings. The normalized spacial score (nSPS) is 20.5. The Morgan fingerprint density at radius 2 is 2.14 bits per heavy atom. The van der Waals surface area contributed by atoms with Crippen molar-refractivity contribution >= 4 is 0 Å². The van der Waals surface area contributed by atoms with E-state index in [2.05, 4.69) is 4.98 Å². The van der Waals surface area contributed by atoms with E-state index in [9.17, 15) is 0 Å². The molecule has 0 bridgehead atoms. The van der Waals surface area contributed by atoms with Gasteiger partial charge in [0.1, 0.15) is 12.7 Å². The second-order valence-electron chi connectivity index (χ2n) is 5.98. The van der Waals surface area contributed by atoms with Gasteiger partial charge in [-0.05, 0) is 24.8 Å². The number of benzene rings is 1. The van der Waals surface area contributed by atoms with Gasteiger partial charge >= 0.3 is 0 Å². The van der Waals surface area contributed by atoms with Gasteiger partial charge in [-0.1, -0.05) is 24.6 Å². The van der Waals surface area contributed by atoms with E-state index in [0.717, 1.165) is 24.0 Å². The molecule has 2 heterocycles. The van der Waals surface area contributed by atoms with Gasteiger partial charge in [-0.2, -0.15) is 0 Å². The van der Waals surface area contributed by atoms with Crippen LogP contribution < -0.4 is 4.74 Å². The van der Waals surface area contributed by atoms with Gasteiger partial charge in [0, 0.05) is 29.1 Å². The van der Waals surface area contributed by atoms with Crippen LogP contribution >= 0.6 is 0 Å². The van der Waals surface area contributed by atoms with Crippen LogP contribution in [-0.2, 0) is 4.74 Å². The molecule has 0 N–H and O–H groups in total. The molecule has 114 valence electrons. The monoisotopic (exact) mass is 299 g/mol. The van der Waals surface area contributed by atoms with Crippen molar-refractivity contribution in [3.8, 4) is 16.9 Å². The standard InChI is InChI=1S/C18H18FNO2/c19-17-15(13-5-2-8-20-9-13)6-7-16(12-3-1-4-12)18(17)22-11-14-10-21-14/h2,5-9,12,14H,1,3-4,10-11H2. The number of rotatable bonds is 5. The molecule has 1 aromatic heterocycles. The molecule has 1 aromatic carbocycles. The molecule has 1 aliphatic carbocycles. The molecular weight excluding hydrogens is 281 g/mol. The van der Waals surface area contributed by atoms with Crippen molar-refractivity contribution in [2.24, 2.45) is 0 Å². The first-order valence-electron chi connectivity index (χ1n) is 7.80. The van der Waals surface area contributed by atoms with E-state index in [1.54, 1.807) is 12.4 Å². The third-order valence-electron chi connectivity index (χ3n) is 4.46. The van der Waals surface area contributed by atoms with Crippen molar-refractivity contribution in [1.29, 1.82) is 0 Å². The van der Waals surface area contributed by atoms with Gasteiger partial charge in [-0.3, -0.25) is 4.98 Å². The molecule has 1 atom stereocenters. The van der Waals surface area contributed by atoms with Gasteiger partial charge in [0.25, 0.3) is 0 Å². The second kappa shape index (κ2) is 5.69. The Kier molecular flexibility index (Phi) is 3.54. The number of nitrogens with zero attached hydrogens (tertiary/aromatic N) is 1. The Morgan fingerprint density at radius 3 is 2.77 bits per heavy atom. The van der Waals surface area contributed by atoms with Gasteiger partial charge in [0.05, 0.1) is 6.61 Å². The van der Waals surface area contributed by atoms with E-state index in [1.165, 1.54) is 6.42 Å². The molecular formula is C18H18FNO2. The fourth-order valence-corrected chi connectivity index (χ4v) is 2.84. The quantitative estimate of drug-likeness (QED) is 0.785. The van der Waals surface area contributed by atoms with E-state index >= 15 is 4.39 Å². The maximum absolute atomic E-state index is 15.0. The zero-order chi connectivity index (χ0) is 14.9. The summed E-state index contributed by atoms with van der Waals surface area (Å²) in [5, 5.41) is 0. The number of ether oxygens (including phenoxy) is 2. The summed E-state index contributed by atoms with van der Waals surface area (Å²) in [7, 11) is 0. The summed E-state index contributed by atoms with van der Waals surface area (Å²) in [6.07, 6.45) is 6.92. The van der Waals surface area contributed by atoms with E-state index in [1.807, 2.05) is 24.3 Å². The fourth-order valence-electron chi connectivity index (χ4n) is 2.84. The summed E-state index contributed by atoms with van der Waals surface area (Å²) >= 11 is 0. The van der Waals surface area contributed by atoms with E-state index < -0.39 is 0 Å². The van der Waals surface area contributed by atoms with Crippen molar-refractivity contribution in [2.45, 2.75) is 31.3 Å². The molecule has 3 nitrogen and oxygen atoms in total. The first-order chi connectivity index (χ1) is 10.8. The second-order valence-corrected chi connectivity index (χ2v) is 5.98. The summed E-state index contributed by atoms with van der Waals surface area (Å²) in [6, 6.07) is 7.54. The van der Waals surface area contributed by atoms with Crippen LogP contribution in [0.3, 0.4) is 0 Å². The van der Waals surface area contributed by atoms with Crippen molar-refractivity contribution < 1.29 is 13.9 Å². The molecule has 2 fully saturated rings. The maximum Gasteiger partial charge on any atom is 0.173 e. The van der Waals surface area contributed by atoms with Crippen molar-refractivity contribution in [1.82, 2.24) is 4.98 Å². The lowest BCUT2D eigenvalue weighted by molar-refractivity contribution is 0.247. The van der Waals surface area contributed by atoms with Gasteiger partial charge in [-0.15, -0.1) is 0 Å². The lowest BCUT2D eigenvalue weighted by Crippen LogP contribution is -2.14. The van der Waals surface area contributed by atoms with Crippen LogP contribution in [0.25, 0.3) is 11.1 Å². The predicted octanol–water partition coefficient (Wildman–Crippen LogP) is 3.93. The average molecular weight is 299 g/mol. The molecule has 1 saturated heterocycles. The maximum atomic E-state index is 15.0. The molecule has 1 saturated carbocycles. The summed E-state index contributed by atoms with van der Waals surface area (Å²) in [4.78, 5) is 4.07. The summed E-state index contributed by atoms with van der Waals surface area (Å²) in [5.41, 5.74) is 2.31. The van der Waals surface area contributed by atoms with Crippen LogP contribution in [0.5, 0.6) is 5.75 Å². The van der Waals surface area contributed by atoms with Crippen molar-refractivity contribution in [3.05, 3.63) is 48.0 Å². The third-order valence-corrected chi connectivity index (χ3v) is 4.46. The van der Waals surface area contributed by atoms with E-state index in [0.29, 0.717) is 30.4 Å². The minimum Gasteiger partial charge on any atom is -0.487 e. The third kappa shape index (κ3) is 2.59. The predicted molar refractivity (Wildman–Crippen MR) is 81.5 cm³/mol. The highest BCUT2D eigenvalue weighted by Crippen LogP contribution is 2.44. The first-order valence-corrected chi connectivity index (χ1v) is 7.80. The number of hydrogen-bond donors (Lipinski definition) is 0. The van der Waals surface area contributed by atoms with E-state index in [4.69, 9.17) is 9.47 Å². The smallest absolute Gasteiger partial charge is 0.173 e. The molecule has 0 amide bonds. The zero-order valence-electron chi connectivity index (χ0n) is 12.3. The zero-order valence-corrected chi connectivity index (χ0v) is 12.3. The Bertz CT molecular complexity index is 666. The molecule has 1 aliphatic heterocycles. The number of aromatic nitrogens is 1. The van der Waals surface area contributed by atoms with Gasteiger partial charge < -0.3 is 9.47 Å². The van der Waals surface area contributed by atoms with Crippen LogP contribution in [0, 0.1) is 5.82 Å². The number of halogens is 1. The molecule has 0 spiro atoms. The molecule has 2 aromatic rings. The van der Waals surface area contributed by atoms with Crippen molar-refractivity contribution in [2.75, 3.05) is 13.2 Å². The van der Waals surface area contributed by atoms with Crippen LogP contribution in [0.15, 0.2) is 36.7 Å². The lowest BCUT2D eigenvalue weighted by atomic mass is 9.79. The number of hydrogen-bond acceptors (Lipinski definition) is 3. The molecule has 0 radical (unpaired) electrons. The van der Waals surface area contributed by atoms with Crippen LogP contribution in [0.2, 0.25) is 0 Å². The Balaban J connectivity index is 1.72.